The van der Waals surface area contributed by atoms with Crippen molar-refractivity contribution in [2.24, 2.45) is 7.05 Å². The van der Waals surface area contributed by atoms with Crippen LogP contribution in [0, 0.1) is 0 Å². The predicted octanol–water partition coefficient (Wildman–Crippen LogP) is -1.15. The topological polar surface area (TPSA) is 81.1 Å². The lowest BCUT2D eigenvalue weighted by Gasteiger charge is -2.38. The summed E-state index contributed by atoms with van der Waals surface area (Å²) in [7, 11) is 1.88. The first-order chi connectivity index (χ1) is 8.59. The number of amides is 1. The number of hydrogen-bond donors (Lipinski definition) is 2. The second kappa shape index (κ2) is 5.45. The highest BCUT2D eigenvalue weighted by atomic mass is 16.5. The van der Waals surface area contributed by atoms with Crippen LogP contribution in [0.5, 0.6) is 0 Å². The fraction of sp³-hybridized carbons (Fsp3) is 0.727. The van der Waals surface area contributed by atoms with Crippen molar-refractivity contribution in [3.8, 4) is 0 Å². The third-order valence-electron chi connectivity index (χ3n) is 3.03. The molecule has 1 aliphatic heterocycles. The van der Waals surface area contributed by atoms with E-state index < -0.39 is 0 Å². The van der Waals surface area contributed by atoms with Crippen molar-refractivity contribution in [2.45, 2.75) is 18.9 Å². The van der Waals surface area contributed by atoms with Gasteiger partial charge >= 0.3 is 0 Å². The zero-order valence-corrected chi connectivity index (χ0v) is 10.8. The molecule has 0 atom stereocenters. The van der Waals surface area contributed by atoms with E-state index in [-0.39, 0.29) is 18.1 Å². The molecule has 1 aromatic heterocycles. The Balaban J connectivity index is 1.61. The van der Waals surface area contributed by atoms with E-state index in [0.29, 0.717) is 13.0 Å². The molecule has 1 saturated heterocycles. The molecule has 7 nitrogen and oxygen atoms in total. The summed E-state index contributed by atoms with van der Waals surface area (Å²) in [5, 5.41) is 13.6. The fourth-order valence-corrected chi connectivity index (χ4v) is 1.72. The van der Waals surface area contributed by atoms with E-state index in [9.17, 15) is 4.79 Å². The van der Waals surface area contributed by atoms with Crippen LogP contribution in [-0.4, -0.2) is 52.5 Å². The van der Waals surface area contributed by atoms with Gasteiger partial charge in [0.05, 0.1) is 5.60 Å². The Bertz CT molecular complexity index is 413. The van der Waals surface area contributed by atoms with Crippen LogP contribution in [0.3, 0.4) is 0 Å². The van der Waals surface area contributed by atoms with E-state index in [1.807, 2.05) is 18.5 Å². The highest BCUT2D eigenvalue weighted by Gasteiger charge is 2.32. The van der Waals surface area contributed by atoms with Crippen molar-refractivity contribution in [1.29, 1.82) is 0 Å². The molecular weight excluding hydrogens is 234 g/mol. The molecule has 1 aliphatic rings. The molecule has 1 amide bonds. The van der Waals surface area contributed by atoms with Crippen molar-refractivity contribution in [3.63, 3.8) is 0 Å². The second-order valence-corrected chi connectivity index (χ2v) is 4.80. The molecule has 1 fully saturated rings. The summed E-state index contributed by atoms with van der Waals surface area (Å²) in [4.78, 5) is 11.5. The highest BCUT2D eigenvalue weighted by Crippen LogP contribution is 2.14. The van der Waals surface area contributed by atoms with E-state index in [1.165, 1.54) is 0 Å². The van der Waals surface area contributed by atoms with Crippen LogP contribution in [0.2, 0.25) is 0 Å². The van der Waals surface area contributed by atoms with E-state index in [2.05, 4.69) is 20.8 Å². The van der Waals surface area contributed by atoms with Gasteiger partial charge in [0.25, 0.3) is 0 Å². The van der Waals surface area contributed by atoms with Crippen molar-refractivity contribution in [1.82, 2.24) is 25.4 Å². The summed E-state index contributed by atoms with van der Waals surface area (Å²) in [6.45, 7) is 4.26. The summed E-state index contributed by atoms with van der Waals surface area (Å²) in [6, 6.07) is 0. The molecule has 0 bridgehead atoms. The van der Waals surface area contributed by atoms with Gasteiger partial charge in [-0.3, -0.25) is 4.79 Å². The Morgan fingerprint density at radius 2 is 2.44 bits per heavy atom. The van der Waals surface area contributed by atoms with Gasteiger partial charge in [-0.15, -0.1) is 10.2 Å². The molecular formula is C11H19N5O2. The van der Waals surface area contributed by atoms with Gasteiger partial charge in [0.15, 0.2) is 0 Å². The molecule has 18 heavy (non-hydrogen) atoms. The van der Waals surface area contributed by atoms with Crippen molar-refractivity contribution in [2.75, 3.05) is 26.2 Å². The standard InChI is InChI=1S/C11H19N5O2/c1-11(6-12-7-11)18-5-10(17)13-4-3-9-15-14-8-16(9)2/h8,12H,3-7H2,1-2H3,(H,13,17). The number of carbonyl (C=O) groups excluding carboxylic acids is 1. The zero-order chi connectivity index (χ0) is 13.0. The van der Waals surface area contributed by atoms with E-state index in [1.54, 1.807) is 6.33 Å². The average molecular weight is 253 g/mol. The maximum atomic E-state index is 11.5. The van der Waals surface area contributed by atoms with Crippen LogP contribution in [-0.2, 0) is 23.0 Å². The molecule has 2 heterocycles. The molecule has 0 radical (unpaired) electrons. The maximum absolute atomic E-state index is 11.5. The van der Waals surface area contributed by atoms with E-state index in [4.69, 9.17) is 4.74 Å². The average Bonchev–Trinajstić information content (AvgIpc) is 2.70. The van der Waals surface area contributed by atoms with E-state index in [0.717, 1.165) is 18.9 Å². The van der Waals surface area contributed by atoms with Gasteiger partial charge in [0.1, 0.15) is 18.8 Å². The van der Waals surface area contributed by atoms with Gasteiger partial charge < -0.3 is 19.9 Å². The Hall–Kier alpha value is -1.47. The maximum Gasteiger partial charge on any atom is 0.246 e. The van der Waals surface area contributed by atoms with Gasteiger partial charge in [-0.25, -0.2) is 0 Å². The van der Waals surface area contributed by atoms with Gasteiger partial charge in [-0.2, -0.15) is 0 Å². The van der Waals surface area contributed by atoms with Crippen LogP contribution in [0.15, 0.2) is 6.33 Å². The minimum Gasteiger partial charge on any atom is -0.363 e. The third kappa shape index (κ3) is 3.27. The SMILES string of the molecule is Cn1cnnc1CCNC(=O)COC1(C)CNC1. The van der Waals surface area contributed by atoms with Crippen LogP contribution in [0.1, 0.15) is 12.7 Å². The number of hydrogen-bond acceptors (Lipinski definition) is 5. The van der Waals surface area contributed by atoms with Crippen molar-refractivity contribution >= 4 is 5.91 Å². The van der Waals surface area contributed by atoms with Gasteiger partial charge in [-0.05, 0) is 6.92 Å². The molecule has 2 rings (SSSR count). The molecule has 0 unspecified atom stereocenters. The lowest BCUT2D eigenvalue weighted by molar-refractivity contribution is -0.135. The quantitative estimate of drug-likeness (QED) is 0.669. The highest BCUT2D eigenvalue weighted by molar-refractivity contribution is 5.77. The Labute approximate surface area is 106 Å². The monoisotopic (exact) mass is 253 g/mol. The molecule has 100 valence electrons. The van der Waals surface area contributed by atoms with Gasteiger partial charge in [-0.1, -0.05) is 0 Å². The largest absolute Gasteiger partial charge is 0.363 e. The van der Waals surface area contributed by atoms with Crippen LogP contribution < -0.4 is 10.6 Å². The number of aromatic nitrogens is 3. The minimum absolute atomic E-state index is 0.0923. The number of rotatable bonds is 6. The molecule has 7 heteroatoms. The molecule has 2 N–H and O–H groups in total. The summed E-state index contributed by atoms with van der Waals surface area (Å²) < 4.78 is 7.37. The first-order valence-corrected chi connectivity index (χ1v) is 6.03. The Morgan fingerprint density at radius 3 is 3.00 bits per heavy atom. The van der Waals surface area contributed by atoms with Gasteiger partial charge in [0.2, 0.25) is 5.91 Å². The first-order valence-electron chi connectivity index (χ1n) is 6.03. The number of ether oxygens (including phenoxy) is 1. The lowest BCUT2D eigenvalue weighted by Crippen LogP contribution is -2.59. The summed E-state index contributed by atoms with van der Waals surface area (Å²) in [6.07, 6.45) is 2.31. The number of nitrogens with zero attached hydrogens (tertiary/aromatic N) is 3. The lowest BCUT2D eigenvalue weighted by atomic mass is 10.0. The van der Waals surface area contributed by atoms with Crippen molar-refractivity contribution < 1.29 is 9.53 Å². The molecule has 0 spiro atoms. The van der Waals surface area contributed by atoms with Gasteiger partial charge in [0, 0.05) is 33.1 Å². The number of carbonyl (C=O) groups is 1. The molecule has 1 aromatic rings. The summed E-state index contributed by atoms with van der Waals surface area (Å²) in [5.41, 5.74) is -0.180. The Morgan fingerprint density at radius 1 is 1.67 bits per heavy atom. The summed E-state index contributed by atoms with van der Waals surface area (Å²) >= 11 is 0. The normalized spacial score (nSPS) is 17.2. The van der Waals surface area contributed by atoms with Crippen LogP contribution in [0.25, 0.3) is 0 Å². The fourth-order valence-electron chi connectivity index (χ4n) is 1.72. The Kier molecular flexibility index (Phi) is 3.93. The zero-order valence-electron chi connectivity index (χ0n) is 10.8. The van der Waals surface area contributed by atoms with Crippen LogP contribution >= 0.6 is 0 Å². The number of aryl methyl sites for hydroxylation is 1. The van der Waals surface area contributed by atoms with E-state index >= 15 is 0 Å². The number of nitrogens with one attached hydrogen (secondary N) is 2. The first kappa shape index (κ1) is 13.0. The molecule has 0 aliphatic carbocycles. The molecule has 0 aromatic carbocycles. The summed E-state index contributed by atoms with van der Waals surface area (Å²) in [5.74, 6) is 0.761. The molecule has 0 saturated carbocycles. The van der Waals surface area contributed by atoms with Crippen molar-refractivity contribution in [3.05, 3.63) is 12.2 Å². The minimum atomic E-state index is -0.180. The van der Waals surface area contributed by atoms with Crippen LogP contribution in [0.4, 0.5) is 0 Å². The predicted molar refractivity (Wildman–Crippen MR) is 64.9 cm³/mol. The third-order valence-corrected chi connectivity index (χ3v) is 3.03. The second-order valence-electron chi connectivity index (χ2n) is 4.80. The smallest absolute Gasteiger partial charge is 0.246 e.